The predicted molar refractivity (Wildman–Crippen MR) is 93.4 cm³/mol. The molecule has 1 aromatic carbocycles. The molecule has 0 fully saturated rings. The van der Waals surface area contributed by atoms with Gasteiger partial charge in [0.25, 0.3) is 0 Å². The van der Waals surface area contributed by atoms with Gasteiger partial charge in [-0.15, -0.1) is 0 Å². The number of phenolic OH excluding ortho intramolecular Hbond substituents is 2. The van der Waals surface area contributed by atoms with E-state index in [0.29, 0.717) is 6.42 Å². The first kappa shape index (κ1) is 20.2. The zero-order chi connectivity index (χ0) is 19.4. The monoisotopic (exact) mass is 384 g/mol. The topological polar surface area (TPSA) is 124 Å². The molecule has 1 aliphatic heterocycles. The standard InChI is InChI=1S/C18H21ClO7/c1-9-6-13(22)12(21)5-3-2-4-10(20)7-11-16(18(25)26-9)14(23)8-15(24)17(11)19/h2,4,8-9,12-13,21-24H,3,5-7H2,1H3/t9-,12?,13?/m1/s1. The highest BCUT2D eigenvalue weighted by molar-refractivity contribution is 6.33. The Morgan fingerprint density at radius 3 is 2.54 bits per heavy atom. The fourth-order valence-electron chi connectivity index (χ4n) is 2.77. The summed E-state index contributed by atoms with van der Waals surface area (Å²) in [5.41, 5.74) is -0.345. The Morgan fingerprint density at radius 1 is 1.15 bits per heavy atom. The van der Waals surface area contributed by atoms with E-state index < -0.39 is 41.6 Å². The van der Waals surface area contributed by atoms with Crippen LogP contribution in [0.15, 0.2) is 18.2 Å². The van der Waals surface area contributed by atoms with E-state index in [0.717, 1.165) is 6.07 Å². The Bertz CT molecular complexity index is 729. The molecular weight excluding hydrogens is 364 g/mol. The van der Waals surface area contributed by atoms with Crippen molar-refractivity contribution in [3.63, 3.8) is 0 Å². The van der Waals surface area contributed by atoms with Crippen LogP contribution in [0.2, 0.25) is 5.02 Å². The number of halogens is 1. The number of esters is 1. The first-order valence-corrected chi connectivity index (χ1v) is 8.58. The third-order valence-electron chi connectivity index (χ3n) is 4.13. The summed E-state index contributed by atoms with van der Waals surface area (Å²) < 4.78 is 5.21. The smallest absolute Gasteiger partial charge is 0.342 e. The van der Waals surface area contributed by atoms with Crippen LogP contribution in [0.25, 0.3) is 0 Å². The van der Waals surface area contributed by atoms with Crippen molar-refractivity contribution in [2.75, 3.05) is 0 Å². The molecule has 0 aliphatic carbocycles. The third kappa shape index (κ3) is 4.75. The summed E-state index contributed by atoms with van der Waals surface area (Å²) in [4.78, 5) is 24.6. The van der Waals surface area contributed by atoms with Gasteiger partial charge in [0, 0.05) is 24.5 Å². The van der Waals surface area contributed by atoms with Gasteiger partial charge in [0.2, 0.25) is 0 Å². The highest BCUT2D eigenvalue weighted by atomic mass is 35.5. The molecule has 2 rings (SSSR count). The number of aliphatic hydroxyl groups excluding tert-OH is 2. The van der Waals surface area contributed by atoms with Crippen LogP contribution in [0.5, 0.6) is 11.5 Å². The lowest BCUT2D eigenvalue weighted by Crippen LogP contribution is -2.31. The van der Waals surface area contributed by atoms with Crippen LogP contribution in [0.4, 0.5) is 0 Å². The van der Waals surface area contributed by atoms with Crippen LogP contribution < -0.4 is 0 Å². The number of hydrogen-bond acceptors (Lipinski definition) is 7. The maximum atomic E-state index is 12.5. The molecule has 3 atom stereocenters. The van der Waals surface area contributed by atoms with Crippen LogP contribution in [-0.2, 0) is 16.0 Å². The molecule has 0 saturated carbocycles. The van der Waals surface area contributed by atoms with E-state index in [2.05, 4.69) is 0 Å². The van der Waals surface area contributed by atoms with Crippen molar-refractivity contribution < 1.29 is 34.8 Å². The van der Waals surface area contributed by atoms with Crippen LogP contribution in [0.3, 0.4) is 0 Å². The lowest BCUT2D eigenvalue weighted by Gasteiger charge is -2.22. The second-order valence-corrected chi connectivity index (χ2v) is 6.67. The summed E-state index contributed by atoms with van der Waals surface area (Å²) in [6.07, 6.45) is 0.198. The number of fused-ring (bicyclic) bond motifs is 1. The van der Waals surface area contributed by atoms with E-state index in [9.17, 15) is 30.0 Å². The number of rotatable bonds is 0. The van der Waals surface area contributed by atoms with Crippen molar-refractivity contribution in [2.45, 2.75) is 50.9 Å². The Balaban J connectivity index is 2.46. The minimum atomic E-state index is -1.11. The number of ether oxygens (including phenoxy) is 1. The van der Waals surface area contributed by atoms with Gasteiger partial charge in [0.15, 0.2) is 5.78 Å². The number of aliphatic hydroxyl groups is 2. The van der Waals surface area contributed by atoms with Crippen LogP contribution in [-0.4, -0.2) is 50.5 Å². The second kappa shape index (κ2) is 8.53. The normalized spacial score (nSPS) is 25.3. The average Bonchev–Trinajstić information content (AvgIpc) is 2.54. The Hall–Kier alpha value is -2.09. The number of aromatic hydroxyl groups is 2. The number of allylic oxidation sites excluding steroid dienone is 2. The minimum absolute atomic E-state index is 0.00252. The second-order valence-electron chi connectivity index (χ2n) is 6.29. The van der Waals surface area contributed by atoms with Crippen molar-refractivity contribution in [3.8, 4) is 11.5 Å². The summed E-state index contributed by atoms with van der Waals surface area (Å²) in [5.74, 6) is -2.38. The summed E-state index contributed by atoms with van der Waals surface area (Å²) in [6, 6.07) is 0.898. The van der Waals surface area contributed by atoms with E-state index in [1.54, 1.807) is 6.08 Å². The fraction of sp³-hybridized carbons (Fsp3) is 0.444. The summed E-state index contributed by atoms with van der Waals surface area (Å²) in [7, 11) is 0. The number of carbonyl (C=O) groups is 2. The van der Waals surface area contributed by atoms with Crippen LogP contribution in [0, 0.1) is 0 Å². The van der Waals surface area contributed by atoms with E-state index in [1.807, 2.05) is 0 Å². The molecule has 0 spiro atoms. The third-order valence-corrected chi connectivity index (χ3v) is 4.56. The van der Waals surface area contributed by atoms with Crippen LogP contribution >= 0.6 is 11.6 Å². The molecule has 0 amide bonds. The molecule has 0 aromatic heterocycles. The van der Waals surface area contributed by atoms with Gasteiger partial charge in [-0.05, 0) is 25.8 Å². The van der Waals surface area contributed by atoms with Crippen molar-refractivity contribution in [1.82, 2.24) is 0 Å². The lowest BCUT2D eigenvalue weighted by atomic mass is 9.98. The maximum Gasteiger partial charge on any atom is 0.342 e. The van der Waals surface area contributed by atoms with Gasteiger partial charge in [-0.2, -0.15) is 0 Å². The Kier molecular flexibility index (Phi) is 6.63. The molecule has 4 N–H and O–H groups in total. The molecule has 1 aliphatic rings. The molecule has 1 aromatic rings. The van der Waals surface area contributed by atoms with E-state index in [-0.39, 0.29) is 35.4 Å². The van der Waals surface area contributed by atoms with Crippen molar-refractivity contribution in [3.05, 3.63) is 34.4 Å². The molecule has 0 radical (unpaired) electrons. The average molecular weight is 385 g/mol. The molecule has 0 saturated heterocycles. The highest BCUT2D eigenvalue weighted by Crippen LogP contribution is 2.37. The molecule has 0 bridgehead atoms. The molecule has 2 unspecified atom stereocenters. The molecule has 7 nitrogen and oxygen atoms in total. The minimum Gasteiger partial charge on any atom is -0.507 e. The van der Waals surface area contributed by atoms with Crippen molar-refractivity contribution in [1.29, 1.82) is 0 Å². The lowest BCUT2D eigenvalue weighted by molar-refractivity contribution is -0.114. The van der Waals surface area contributed by atoms with E-state index >= 15 is 0 Å². The molecule has 8 heteroatoms. The quantitative estimate of drug-likeness (QED) is 0.503. The number of cyclic esters (lactones) is 1. The first-order valence-electron chi connectivity index (χ1n) is 8.20. The SMILES string of the molecule is C[C@@H]1CC(O)C(O)CCC=CC(=O)Cc2c(Cl)c(O)cc(O)c2C(=O)O1. The number of phenols is 2. The summed E-state index contributed by atoms with van der Waals surface area (Å²) in [6.45, 7) is 1.53. The van der Waals surface area contributed by atoms with Gasteiger partial charge in [-0.25, -0.2) is 4.79 Å². The zero-order valence-electron chi connectivity index (χ0n) is 14.2. The van der Waals surface area contributed by atoms with E-state index in [4.69, 9.17) is 16.3 Å². The highest BCUT2D eigenvalue weighted by Gasteiger charge is 2.27. The Labute approximate surface area is 155 Å². The first-order chi connectivity index (χ1) is 12.2. The molecule has 26 heavy (non-hydrogen) atoms. The number of benzene rings is 1. The van der Waals surface area contributed by atoms with Gasteiger partial charge in [0.05, 0.1) is 17.2 Å². The van der Waals surface area contributed by atoms with Crippen molar-refractivity contribution >= 4 is 23.4 Å². The zero-order valence-corrected chi connectivity index (χ0v) is 14.9. The maximum absolute atomic E-state index is 12.5. The largest absolute Gasteiger partial charge is 0.507 e. The fourth-order valence-corrected chi connectivity index (χ4v) is 2.99. The van der Waals surface area contributed by atoms with Crippen molar-refractivity contribution in [2.24, 2.45) is 0 Å². The molecular formula is C18H21ClO7. The number of ketones is 1. The van der Waals surface area contributed by atoms with Gasteiger partial charge in [-0.3, -0.25) is 4.79 Å². The summed E-state index contributed by atoms with van der Waals surface area (Å²) >= 11 is 6.03. The van der Waals surface area contributed by atoms with Gasteiger partial charge in [0.1, 0.15) is 23.2 Å². The summed E-state index contributed by atoms with van der Waals surface area (Å²) in [5, 5.41) is 39.5. The number of hydrogen-bond donors (Lipinski definition) is 4. The number of carbonyl (C=O) groups excluding carboxylic acids is 2. The van der Waals surface area contributed by atoms with Gasteiger partial charge < -0.3 is 25.2 Å². The predicted octanol–water partition coefficient (Wildman–Crippen LogP) is 1.87. The van der Waals surface area contributed by atoms with Gasteiger partial charge in [-0.1, -0.05) is 17.7 Å². The van der Waals surface area contributed by atoms with Crippen LogP contribution in [0.1, 0.15) is 42.1 Å². The van der Waals surface area contributed by atoms with E-state index in [1.165, 1.54) is 13.0 Å². The molecule has 1 heterocycles. The van der Waals surface area contributed by atoms with Gasteiger partial charge >= 0.3 is 5.97 Å². The molecule has 142 valence electrons. The Morgan fingerprint density at radius 2 is 1.85 bits per heavy atom.